The van der Waals surface area contributed by atoms with Gasteiger partial charge in [0, 0.05) is 24.7 Å². The Morgan fingerprint density at radius 2 is 2.00 bits per heavy atom. The fraction of sp³-hybridized carbons (Fsp3) is 0.222. The topological polar surface area (TPSA) is 79.5 Å². The van der Waals surface area contributed by atoms with E-state index in [4.69, 9.17) is 4.74 Å². The third kappa shape index (κ3) is 3.71. The van der Waals surface area contributed by atoms with Gasteiger partial charge >= 0.3 is 6.03 Å². The Bertz CT molecular complexity index is 810. The van der Waals surface area contributed by atoms with Crippen LogP contribution in [0.15, 0.2) is 42.5 Å². The molecule has 3 amide bonds. The van der Waals surface area contributed by atoms with Crippen LogP contribution in [0.4, 0.5) is 14.9 Å². The van der Waals surface area contributed by atoms with Gasteiger partial charge in [-0.2, -0.15) is 0 Å². The normalized spacial score (nSPS) is 15.5. The molecule has 1 aliphatic heterocycles. The lowest BCUT2D eigenvalue weighted by Gasteiger charge is -2.26. The highest BCUT2D eigenvalue weighted by atomic mass is 19.1. The van der Waals surface area contributed by atoms with Crippen LogP contribution < -0.4 is 20.7 Å². The van der Waals surface area contributed by atoms with Gasteiger partial charge < -0.3 is 20.7 Å². The average molecular weight is 343 g/mol. The van der Waals surface area contributed by atoms with Crippen molar-refractivity contribution in [1.82, 2.24) is 10.6 Å². The zero-order chi connectivity index (χ0) is 17.8. The molecule has 0 fully saturated rings. The predicted octanol–water partition coefficient (Wildman–Crippen LogP) is 2.83. The molecule has 7 heteroatoms. The second kappa shape index (κ2) is 7.21. The molecular formula is C18H18FN3O3. The minimum absolute atomic E-state index is 0.128. The van der Waals surface area contributed by atoms with Gasteiger partial charge in [-0.1, -0.05) is 18.2 Å². The van der Waals surface area contributed by atoms with Gasteiger partial charge in [0.1, 0.15) is 11.6 Å². The number of anilines is 1. The van der Waals surface area contributed by atoms with Crippen molar-refractivity contribution >= 4 is 17.6 Å². The van der Waals surface area contributed by atoms with Crippen molar-refractivity contribution < 1.29 is 18.7 Å². The van der Waals surface area contributed by atoms with Gasteiger partial charge in [0.2, 0.25) is 0 Å². The highest BCUT2D eigenvalue weighted by Crippen LogP contribution is 2.31. The van der Waals surface area contributed by atoms with Gasteiger partial charge in [-0.15, -0.1) is 0 Å². The summed E-state index contributed by atoms with van der Waals surface area (Å²) in [5.74, 6) is -0.452. The van der Waals surface area contributed by atoms with Crippen molar-refractivity contribution in [3.05, 3.63) is 59.4 Å². The lowest BCUT2D eigenvalue weighted by molar-refractivity contribution is 0.0959. The summed E-state index contributed by atoms with van der Waals surface area (Å²) in [5.41, 5.74) is 1.11. The third-order valence-electron chi connectivity index (χ3n) is 3.96. The fourth-order valence-corrected chi connectivity index (χ4v) is 2.73. The van der Waals surface area contributed by atoms with E-state index in [0.29, 0.717) is 18.7 Å². The van der Waals surface area contributed by atoms with E-state index in [1.54, 1.807) is 0 Å². The van der Waals surface area contributed by atoms with E-state index in [0.717, 1.165) is 17.4 Å². The maximum absolute atomic E-state index is 13.7. The number of carbonyl (C=O) groups excluding carboxylic acids is 2. The Morgan fingerprint density at radius 1 is 1.20 bits per heavy atom. The van der Waals surface area contributed by atoms with Crippen molar-refractivity contribution in [1.29, 1.82) is 0 Å². The molecule has 0 aromatic heterocycles. The highest BCUT2D eigenvalue weighted by molar-refractivity contribution is 5.97. The van der Waals surface area contributed by atoms with Crippen LogP contribution in [0.5, 0.6) is 5.75 Å². The van der Waals surface area contributed by atoms with Crippen LogP contribution in [0.2, 0.25) is 0 Å². The third-order valence-corrected chi connectivity index (χ3v) is 3.96. The van der Waals surface area contributed by atoms with Crippen molar-refractivity contribution in [3.63, 3.8) is 0 Å². The summed E-state index contributed by atoms with van der Waals surface area (Å²) in [5, 5.41) is 7.86. The first-order chi connectivity index (χ1) is 12.1. The van der Waals surface area contributed by atoms with Crippen LogP contribution in [0.3, 0.4) is 0 Å². The summed E-state index contributed by atoms with van der Waals surface area (Å²) in [6.07, 6.45) is 0.650. The van der Waals surface area contributed by atoms with E-state index in [1.807, 2.05) is 24.3 Å². The zero-order valence-corrected chi connectivity index (χ0v) is 13.6. The highest BCUT2D eigenvalue weighted by Gasteiger charge is 2.22. The Kier molecular flexibility index (Phi) is 4.83. The molecule has 6 nitrogen and oxygen atoms in total. The summed E-state index contributed by atoms with van der Waals surface area (Å²) >= 11 is 0. The molecule has 3 N–H and O–H groups in total. The lowest BCUT2D eigenvalue weighted by Crippen LogP contribution is -2.35. The molecule has 1 aliphatic rings. The molecule has 0 radical (unpaired) electrons. The van der Waals surface area contributed by atoms with Gasteiger partial charge in [-0.05, 0) is 24.3 Å². The van der Waals surface area contributed by atoms with Crippen molar-refractivity contribution in [2.45, 2.75) is 12.5 Å². The van der Waals surface area contributed by atoms with E-state index in [-0.39, 0.29) is 11.6 Å². The number of hydrogen-bond donors (Lipinski definition) is 3. The van der Waals surface area contributed by atoms with Gasteiger partial charge in [-0.3, -0.25) is 4.79 Å². The minimum Gasteiger partial charge on any atom is -0.493 e. The van der Waals surface area contributed by atoms with E-state index in [1.165, 1.54) is 19.2 Å². The number of hydrogen-bond acceptors (Lipinski definition) is 3. The number of benzene rings is 2. The van der Waals surface area contributed by atoms with Crippen LogP contribution in [0.1, 0.15) is 28.4 Å². The van der Waals surface area contributed by atoms with Crippen molar-refractivity contribution in [2.24, 2.45) is 0 Å². The lowest BCUT2D eigenvalue weighted by atomic mass is 10.0. The maximum atomic E-state index is 13.7. The monoisotopic (exact) mass is 343 g/mol. The van der Waals surface area contributed by atoms with E-state index < -0.39 is 17.8 Å². The molecular weight excluding hydrogens is 325 g/mol. The molecule has 2 aromatic rings. The van der Waals surface area contributed by atoms with Crippen LogP contribution >= 0.6 is 0 Å². The number of fused-ring (bicyclic) bond motifs is 1. The first-order valence-electron chi connectivity index (χ1n) is 7.89. The first-order valence-corrected chi connectivity index (χ1v) is 7.89. The molecule has 0 unspecified atom stereocenters. The van der Waals surface area contributed by atoms with Gasteiger partial charge in [0.15, 0.2) is 0 Å². The summed E-state index contributed by atoms with van der Waals surface area (Å²) in [6.45, 7) is 0.513. The summed E-state index contributed by atoms with van der Waals surface area (Å²) < 4.78 is 19.2. The quantitative estimate of drug-likeness (QED) is 0.802. The minimum atomic E-state index is -0.649. The Labute approximate surface area is 144 Å². The predicted molar refractivity (Wildman–Crippen MR) is 91.2 cm³/mol. The SMILES string of the molecule is CNC(=O)c1cc(NC(=O)N[C@H]2CCOc3ccccc32)ccc1F. The number of amides is 3. The van der Waals surface area contributed by atoms with Crippen LogP contribution in [-0.4, -0.2) is 25.6 Å². The summed E-state index contributed by atoms with van der Waals surface area (Å²) in [4.78, 5) is 23.9. The van der Waals surface area contributed by atoms with Crippen LogP contribution in [0, 0.1) is 5.82 Å². The molecule has 25 heavy (non-hydrogen) atoms. The molecule has 2 aromatic carbocycles. The average Bonchev–Trinajstić information content (AvgIpc) is 2.63. The number of para-hydroxylation sites is 1. The molecule has 0 saturated heterocycles. The first kappa shape index (κ1) is 16.8. The maximum Gasteiger partial charge on any atom is 0.319 e. The van der Waals surface area contributed by atoms with Crippen LogP contribution in [-0.2, 0) is 0 Å². The molecule has 3 rings (SSSR count). The molecule has 0 spiro atoms. The number of carbonyl (C=O) groups is 2. The fourth-order valence-electron chi connectivity index (χ4n) is 2.73. The summed E-state index contributed by atoms with van der Waals surface area (Å²) in [6, 6.07) is 10.8. The smallest absolute Gasteiger partial charge is 0.319 e. The molecule has 1 atom stereocenters. The molecule has 130 valence electrons. The van der Waals surface area contributed by atoms with Crippen LogP contribution in [0.25, 0.3) is 0 Å². The Hall–Kier alpha value is -3.09. The second-order valence-corrected chi connectivity index (χ2v) is 5.60. The largest absolute Gasteiger partial charge is 0.493 e. The van der Waals surface area contributed by atoms with Gasteiger partial charge in [-0.25, -0.2) is 9.18 Å². The number of urea groups is 1. The summed E-state index contributed by atoms with van der Waals surface area (Å²) in [7, 11) is 1.41. The molecule has 0 aliphatic carbocycles. The Morgan fingerprint density at radius 3 is 2.80 bits per heavy atom. The number of halogens is 1. The number of ether oxygens (including phenoxy) is 1. The van der Waals surface area contributed by atoms with Crippen molar-refractivity contribution in [2.75, 3.05) is 19.0 Å². The number of rotatable bonds is 3. The molecule has 1 heterocycles. The standard InChI is InChI=1S/C18H18FN3O3/c1-20-17(23)13-10-11(6-7-14(13)19)21-18(24)22-15-8-9-25-16-5-3-2-4-12(15)16/h2-7,10,15H,8-9H2,1H3,(H,20,23)(H2,21,22,24)/t15-/m0/s1. The number of nitrogens with one attached hydrogen (secondary N) is 3. The van der Waals surface area contributed by atoms with Crippen molar-refractivity contribution in [3.8, 4) is 5.75 Å². The second-order valence-electron chi connectivity index (χ2n) is 5.60. The van der Waals surface area contributed by atoms with E-state index in [2.05, 4.69) is 16.0 Å². The van der Waals surface area contributed by atoms with E-state index in [9.17, 15) is 14.0 Å². The Balaban J connectivity index is 1.71. The van der Waals surface area contributed by atoms with Gasteiger partial charge in [0.05, 0.1) is 18.2 Å². The molecule has 0 bridgehead atoms. The zero-order valence-electron chi connectivity index (χ0n) is 13.6. The molecule has 0 saturated carbocycles. The van der Waals surface area contributed by atoms with E-state index >= 15 is 0 Å². The van der Waals surface area contributed by atoms with Gasteiger partial charge in [0.25, 0.3) is 5.91 Å².